The van der Waals surface area contributed by atoms with Crippen LogP contribution in [0.1, 0.15) is 24.9 Å². The van der Waals surface area contributed by atoms with Gasteiger partial charge in [0.2, 0.25) is 0 Å². The molecule has 0 bridgehead atoms. The zero-order valence-corrected chi connectivity index (χ0v) is 12.7. The van der Waals surface area contributed by atoms with Crippen molar-refractivity contribution in [2.24, 2.45) is 0 Å². The number of methoxy groups -OCH3 is 1. The molecule has 1 unspecified atom stereocenters. The van der Waals surface area contributed by atoms with E-state index < -0.39 is 0 Å². The fourth-order valence-electron chi connectivity index (χ4n) is 1.61. The monoisotopic (exact) mass is 315 g/mol. The Morgan fingerprint density at radius 2 is 1.89 bits per heavy atom. The molecule has 4 heteroatoms. The molecule has 0 saturated heterocycles. The van der Waals surface area contributed by atoms with Crippen LogP contribution in [0.4, 0.5) is 0 Å². The summed E-state index contributed by atoms with van der Waals surface area (Å²) in [5.74, 6) is 0. The summed E-state index contributed by atoms with van der Waals surface area (Å²) in [5, 5.41) is 3.48. The molecule has 3 nitrogen and oxygen atoms in total. The Hall–Kier alpha value is -0.420. The van der Waals surface area contributed by atoms with E-state index in [0.717, 1.165) is 24.0 Å². The average Bonchev–Trinajstić information content (AvgIpc) is 2.38. The van der Waals surface area contributed by atoms with E-state index >= 15 is 0 Å². The summed E-state index contributed by atoms with van der Waals surface area (Å²) in [4.78, 5) is 0. The maximum absolute atomic E-state index is 5.41. The molecule has 0 aliphatic heterocycles. The van der Waals surface area contributed by atoms with Crippen LogP contribution in [0.2, 0.25) is 0 Å². The Morgan fingerprint density at radius 1 is 1.17 bits per heavy atom. The largest absolute Gasteiger partial charge is 0.382 e. The van der Waals surface area contributed by atoms with Crippen LogP contribution >= 0.6 is 15.9 Å². The van der Waals surface area contributed by atoms with E-state index in [1.807, 2.05) is 0 Å². The summed E-state index contributed by atoms with van der Waals surface area (Å²) in [5.41, 5.74) is 1.30. The van der Waals surface area contributed by atoms with E-state index in [4.69, 9.17) is 9.47 Å². The lowest BCUT2D eigenvalue weighted by molar-refractivity contribution is 0.0693. The molecule has 0 aliphatic carbocycles. The van der Waals surface area contributed by atoms with Crippen molar-refractivity contribution in [3.8, 4) is 0 Å². The summed E-state index contributed by atoms with van der Waals surface area (Å²) in [7, 11) is 1.69. The van der Waals surface area contributed by atoms with Gasteiger partial charge in [-0.25, -0.2) is 0 Å². The van der Waals surface area contributed by atoms with Gasteiger partial charge >= 0.3 is 0 Å². The SMILES string of the molecule is COCCOCCCNC(C)c1ccc(Br)cc1. The van der Waals surface area contributed by atoms with E-state index in [9.17, 15) is 0 Å². The highest BCUT2D eigenvalue weighted by Gasteiger charge is 2.03. The maximum atomic E-state index is 5.41. The van der Waals surface area contributed by atoms with Gasteiger partial charge in [0.1, 0.15) is 0 Å². The van der Waals surface area contributed by atoms with E-state index in [2.05, 4.69) is 52.4 Å². The Balaban J connectivity index is 2.10. The number of halogens is 1. The van der Waals surface area contributed by atoms with Gasteiger partial charge in [0.15, 0.2) is 0 Å². The van der Waals surface area contributed by atoms with Crippen molar-refractivity contribution in [2.45, 2.75) is 19.4 Å². The van der Waals surface area contributed by atoms with Crippen molar-refractivity contribution in [3.63, 3.8) is 0 Å². The summed E-state index contributed by atoms with van der Waals surface area (Å²) >= 11 is 3.44. The molecule has 1 rings (SSSR count). The Morgan fingerprint density at radius 3 is 2.56 bits per heavy atom. The number of hydrogen-bond donors (Lipinski definition) is 1. The normalized spacial score (nSPS) is 12.6. The molecule has 18 heavy (non-hydrogen) atoms. The van der Waals surface area contributed by atoms with Gasteiger partial charge in [-0.3, -0.25) is 0 Å². The lowest BCUT2D eigenvalue weighted by Crippen LogP contribution is -2.21. The second kappa shape index (κ2) is 9.50. The standard InChI is InChI=1S/C14H22BrNO2/c1-12(13-4-6-14(15)7-5-13)16-8-3-9-18-11-10-17-2/h4-7,12,16H,3,8-11H2,1-2H3. The van der Waals surface area contributed by atoms with E-state index in [1.165, 1.54) is 5.56 Å². The Bertz CT molecular complexity index is 316. The van der Waals surface area contributed by atoms with Gasteiger partial charge in [0, 0.05) is 24.2 Å². The summed E-state index contributed by atoms with van der Waals surface area (Å²) < 4.78 is 11.4. The predicted octanol–water partition coefficient (Wildman–Crippen LogP) is 3.15. The van der Waals surface area contributed by atoms with Gasteiger partial charge in [0.05, 0.1) is 13.2 Å². The molecule has 1 N–H and O–H groups in total. The van der Waals surface area contributed by atoms with Crippen LogP contribution in [0, 0.1) is 0 Å². The molecule has 102 valence electrons. The molecule has 0 fully saturated rings. The molecule has 0 amide bonds. The van der Waals surface area contributed by atoms with Crippen LogP contribution in [-0.4, -0.2) is 33.5 Å². The maximum Gasteiger partial charge on any atom is 0.0700 e. The van der Waals surface area contributed by atoms with Crippen LogP contribution in [0.3, 0.4) is 0 Å². The number of benzene rings is 1. The van der Waals surface area contributed by atoms with Gasteiger partial charge in [-0.05, 0) is 37.6 Å². The van der Waals surface area contributed by atoms with Crippen LogP contribution in [0.5, 0.6) is 0 Å². The molecule has 1 aromatic carbocycles. The van der Waals surface area contributed by atoms with Crippen LogP contribution in [0.15, 0.2) is 28.7 Å². The van der Waals surface area contributed by atoms with Crippen molar-refractivity contribution >= 4 is 15.9 Å². The molecule has 0 radical (unpaired) electrons. The second-order valence-electron chi connectivity index (χ2n) is 4.19. The summed E-state index contributed by atoms with van der Waals surface area (Å²) in [6, 6.07) is 8.79. The first-order valence-electron chi connectivity index (χ1n) is 6.29. The lowest BCUT2D eigenvalue weighted by atomic mass is 10.1. The van der Waals surface area contributed by atoms with Crippen LogP contribution in [0.25, 0.3) is 0 Å². The minimum atomic E-state index is 0.372. The zero-order chi connectivity index (χ0) is 13.2. The summed E-state index contributed by atoms with van der Waals surface area (Å²) in [6.45, 7) is 5.27. The molecule has 0 aliphatic rings. The van der Waals surface area contributed by atoms with Crippen molar-refractivity contribution < 1.29 is 9.47 Å². The highest BCUT2D eigenvalue weighted by atomic mass is 79.9. The summed E-state index contributed by atoms with van der Waals surface area (Å²) in [6.07, 6.45) is 1.02. The molecule has 0 heterocycles. The second-order valence-corrected chi connectivity index (χ2v) is 5.10. The van der Waals surface area contributed by atoms with Gasteiger partial charge in [0.25, 0.3) is 0 Å². The zero-order valence-electron chi connectivity index (χ0n) is 11.1. The van der Waals surface area contributed by atoms with Gasteiger partial charge in [-0.1, -0.05) is 28.1 Å². The van der Waals surface area contributed by atoms with Crippen molar-refractivity contribution in [1.82, 2.24) is 5.32 Å². The number of ether oxygens (including phenoxy) is 2. The molecule has 0 aromatic heterocycles. The molecule has 0 spiro atoms. The van der Waals surface area contributed by atoms with E-state index in [1.54, 1.807) is 7.11 Å². The number of nitrogens with one attached hydrogen (secondary N) is 1. The highest BCUT2D eigenvalue weighted by Crippen LogP contribution is 2.16. The fraction of sp³-hybridized carbons (Fsp3) is 0.571. The topological polar surface area (TPSA) is 30.5 Å². The first-order valence-corrected chi connectivity index (χ1v) is 7.09. The van der Waals surface area contributed by atoms with Crippen LogP contribution < -0.4 is 5.32 Å². The minimum absolute atomic E-state index is 0.372. The van der Waals surface area contributed by atoms with Gasteiger partial charge in [-0.15, -0.1) is 0 Å². The highest BCUT2D eigenvalue weighted by molar-refractivity contribution is 9.10. The third kappa shape index (κ3) is 6.50. The number of hydrogen-bond acceptors (Lipinski definition) is 3. The molecule has 1 atom stereocenters. The first kappa shape index (κ1) is 15.6. The van der Waals surface area contributed by atoms with E-state index in [0.29, 0.717) is 19.3 Å². The molecular weight excluding hydrogens is 294 g/mol. The van der Waals surface area contributed by atoms with E-state index in [-0.39, 0.29) is 0 Å². The molecule has 1 aromatic rings. The third-order valence-corrected chi connectivity index (χ3v) is 3.25. The smallest absolute Gasteiger partial charge is 0.0700 e. The first-order chi connectivity index (χ1) is 8.74. The van der Waals surface area contributed by atoms with Crippen molar-refractivity contribution in [2.75, 3.05) is 33.5 Å². The van der Waals surface area contributed by atoms with Crippen molar-refractivity contribution in [1.29, 1.82) is 0 Å². The van der Waals surface area contributed by atoms with Gasteiger partial charge < -0.3 is 14.8 Å². The Kier molecular flexibility index (Phi) is 8.25. The fourth-order valence-corrected chi connectivity index (χ4v) is 1.87. The van der Waals surface area contributed by atoms with Gasteiger partial charge in [-0.2, -0.15) is 0 Å². The predicted molar refractivity (Wildman–Crippen MR) is 77.9 cm³/mol. The Labute approximate surface area is 118 Å². The third-order valence-electron chi connectivity index (χ3n) is 2.72. The molecule has 0 saturated carbocycles. The lowest BCUT2D eigenvalue weighted by Gasteiger charge is -2.14. The minimum Gasteiger partial charge on any atom is -0.382 e. The molecular formula is C14H22BrNO2. The quantitative estimate of drug-likeness (QED) is 0.710. The van der Waals surface area contributed by atoms with Crippen molar-refractivity contribution in [3.05, 3.63) is 34.3 Å². The van der Waals surface area contributed by atoms with Crippen LogP contribution in [-0.2, 0) is 9.47 Å². The average molecular weight is 316 g/mol. The number of rotatable bonds is 9.